The van der Waals surface area contributed by atoms with Crippen LogP contribution in [-0.2, 0) is 6.54 Å². The Kier molecular flexibility index (Phi) is 4.60. The molecule has 0 saturated carbocycles. The van der Waals surface area contributed by atoms with Crippen LogP contribution in [0.2, 0.25) is 0 Å². The number of carbonyl (C=O) groups excluding carboxylic acids is 1. The van der Waals surface area contributed by atoms with Gasteiger partial charge >= 0.3 is 0 Å². The summed E-state index contributed by atoms with van der Waals surface area (Å²) >= 11 is 0. The molecule has 0 aliphatic carbocycles. The van der Waals surface area contributed by atoms with E-state index in [0.717, 1.165) is 23.5 Å². The molecule has 128 valence electrons. The number of aromatic nitrogens is 1. The van der Waals surface area contributed by atoms with Crippen LogP contribution in [-0.4, -0.2) is 41.6 Å². The molecule has 1 amide bonds. The first-order chi connectivity index (χ1) is 11.5. The summed E-state index contributed by atoms with van der Waals surface area (Å²) in [5.74, 6) is -0.126. The number of benzene rings is 1. The lowest BCUT2D eigenvalue weighted by atomic mass is 10.2. The van der Waals surface area contributed by atoms with Crippen molar-refractivity contribution in [3.05, 3.63) is 53.1 Å². The van der Waals surface area contributed by atoms with E-state index < -0.39 is 0 Å². The second kappa shape index (κ2) is 6.67. The zero-order chi connectivity index (χ0) is 17.3. The summed E-state index contributed by atoms with van der Waals surface area (Å²) in [6.07, 6.45) is 0. The first-order valence-electron chi connectivity index (χ1n) is 8.48. The Morgan fingerprint density at radius 2 is 1.79 bits per heavy atom. The van der Waals surface area contributed by atoms with Crippen LogP contribution >= 0.6 is 0 Å². The Morgan fingerprint density at radius 1 is 1.12 bits per heavy atom. The first kappa shape index (κ1) is 16.6. The molecule has 2 heterocycles. The van der Waals surface area contributed by atoms with E-state index in [2.05, 4.69) is 17.6 Å². The predicted octanol–water partition coefficient (Wildman–Crippen LogP) is 3.23. The van der Waals surface area contributed by atoms with E-state index in [0.29, 0.717) is 31.9 Å². The maximum Gasteiger partial charge on any atom is 0.270 e. The smallest absolute Gasteiger partial charge is 0.270 e. The Hall–Kier alpha value is -2.30. The second-order valence-electron chi connectivity index (χ2n) is 6.29. The van der Waals surface area contributed by atoms with Gasteiger partial charge in [0.15, 0.2) is 0 Å². The minimum Gasteiger partial charge on any atom is -0.366 e. The molecule has 0 spiro atoms. The molecule has 3 rings (SSSR count). The molecule has 1 aliphatic rings. The van der Waals surface area contributed by atoms with Gasteiger partial charge in [0.1, 0.15) is 11.5 Å². The van der Waals surface area contributed by atoms with Crippen LogP contribution in [0.25, 0.3) is 0 Å². The molecule has 0 unspecified atom stereocenters. The standard InChI is InChI=1S/C19H24FN3O/c1-4-23-15(3)13-14(2)18(23)19(24)22-11-9-21(10-12-22)17-8-6-5-7-16(17)20/h5-8,13H,4,9-12H2,1-3H3. The second-order valence-corrected chi connectivity index (χ2v) is 6.29. The van der Waals surface area contributed by atoms with Crippen molar-refractivity contribution in [2.24, 2.45) is 0 Å². The minimum absolute atomic E-state index is 0.0793. The van der Waals surface area contributed by atoms with E-state index in [9.17, 15) is 9.18 Å². The fourth-order valence-corrected chi connectivity index (χ4v) is 3.55. The zero-order valence-corrected chi connectivity index (χ0v) is 14.6. The van der Waals surface area contributed by atoms with Gasteiger partial charge in [-0.3, -0.25) is 4.79 Å². The summed E-state index contributed by atoms with van der Waals surface area (Å²) in [5, 5.41) is 0. The van der Waals surface area contributed by atoms with Gasteiger partial charge in [0, 0.05) is 38.4 Å². The van der Waals surface area contributed by atoms with Gasteiger partial charge in [-0.05, 0) is 44.5 Å². The van der Waals surface area contributed by atoms with Gasteiger partial charge in [-0.2, -0.15) is 0 Å². The van der Waals surface area contributed by atoms with E-state index in [-0.39, 0.29) is 11.7 Å². The van der Waals surface area contributed by atoms with Crippen molar-refractivity contribution in [1.82, 2.24) is 9.47 Å². The molecule has 0 N–H and O–H groups in total. The minimum atomic E-state index is -0.205. The van der Waals surface area contributed by atoms with Crippen molar-refractivity contribution in [1.29, 1.82) is 0 Å². The first-order valence-corrected chi connectivity index (χ1v) is 8.48. The van der Waals surface area contributed by atoms with Crippen LogP contribution in [0.4, 0.5) is 10.1 Å². The highest BCUT2D eigenvalue weighted by Gasteiger charge is 2.26. The molecule has 1 aliphatic heterocycles. The third kappa shape index (κ3) is 2.90. The number of hydrogen-bond acceptors (Lipinski definition) is 2. The Labute approximate surface area is 142 Å². The SMILES string of the molecule is CCn1c(C)cc(C)c1C(=O)N1CCN(c2ccccc2F)CC1. The molecule has 1 saturated heterocycles. The number of anilines is 1. The molecule has 0 radical (unpaired) electrons. The fourth-order valence-electron chi connectivity index (χ4n) is 3.55. The van der Waals surface area contributed by atoms with Crippen LogP contribution in [0.15, 0.2) is 30.3 Å². The molecule has 4 nitrogen and oxygen atoms in total. The molecular formula is C19H24FN3O. The normalized spacial score (nSPS) is 15.0. The highest BCUT2D eigenvalue weighted by Crippen LogP contribution is 2.22. The summed E-state index contributed by atoms with van der Waals surface area (Å²) in [7, 11) is 0. The van der Waals surface area contributed by atoms with Crippen LogP contribution in [0, 0.1) is 19.7 Å². The van der Waals surface area contributed by atoms with Gasteiger partial charge in [-0.15, -0.1) is 0 Å². The molecule has 0 atom stereocenters. The van der Waals surface area contributed by atoms with E-state index in [1.165, 1.54) is 6.07 Å². The third-order valence-corrected chi connectivity index (χ3v) is 4.77. The number of piperazine rings is 1. The number of nitrogens with zero attached hydrogens (tertiary/aromatic N) is 3. The number of carbonyl (C=O) groups is 1. The Balaban J connectivity index is 1.73. The summed E-state index contributed by atoms with van der Waals surface area (Å²) in [4.78, 5) is 16.8. The lowest BCUT2D eigenvalue weighted by Gasteiger charge is -2.36. The van der Waals surface area contributed by atoms with Crippen LogP contribution < -0.4 is 4.90 Å². The molecule has 5 heteroatoms. The van der Waals surface area contributed by atoms with Crippen molar-refractivity contribution in [2.45, 2.75) is 27.3 Å². The third-order valence-electron chi connectivity index (χ3n) is 4.77. The monoisotopic (exact) mass is 329 g/mol. The summed E-state index contributed by atoms with van der Waals surface area (Å²) < 4.78 is 16.0. The maximum absolute atomic E-state index is 13.9. The average Bonchev–Trinajstić information content (AvgIpc) is 2.88. The highest BCUT2D eigenvalue weighted by molar-refractivity contribution is 5.94. The number of aryl methyl sites for hydroxylation is 2. The lowest BCUT2D eigenvalue weighted by molar-refractivity contribution is 0.0735. The quantitative estimate of drug-likeness (QED) is 0.865. The topological polar surface area (TPSA) is 28.5 Å². The van der Waals surface area contributed by atoms with Gasteiger partial charge in [0.05, 0.1) is 5.69 Å². The summed E-state index contributed by atoms with van der Waals surface area (Å²) in [5.41, 5.74) is 3.54. The van der Waals surface area contributed by atoms with E-state index in [1.807, 2.05) is 29.7 Å². The number of halogens is 1. The highest BCUT2D eigenvalue weighted by atomic mass is 19.1. The van der Waals surface area contributed by atoms with Crippen LogP contribution in [0.1, 0.15) is 28.7 Å². The Morgan fingerprint density at radius 3 is 2.42 bits per heavy atom. The van der Waals surface area contributed by atoms with Gasteiger partial charge in [0.25, 0.3) is 5.91 Å². The predicted molar refractivity (Wildman–Crippen MR) is 94.1 cm³/mol. The van der Waals surface area contributed by atoms with Crippen molar-refractivity contribution < 1.29 is 9.18 Å². The molecule has 1 fully saturated rings. The molecule has 24 heavy (non-hydrogen) atoms. The van der Waals surface area contributed by atoms with Crippen LogP contribution in [0.3, 0.4) is 0 Å². The number of amides is 1. The van der Waals surface area contributed by atoms with E-state index >= 15 is 0 Å². The fraction of sp³-hybridized carbons (Fsp3) is 0.421. The van der Waals surface area contributed by atoms with Gasteiger partial charge < -0.3 is 14.4 Å². The Bertz CT molecular complexity index is 745. The number of para-hydroxylation sites is 1. The number of hydrogen-bond donors (Lipinski definition) is 0. The summed E-state index contributed by atoms with van der Waals surface area (Å²) in [6.45, 7) is 9.39. The van der Waals surface area contributed by atoms with Gasteiger partial charge in [-0.25, -0.2) is 4.39 Å². The molecular weight excluding hydrogens is 305 g/mol. The van der Waals surface area contributed by atoms with E-state index in [1.54, 1.807) is 12.1 Å². The average molecular weight is 329 g/mol. The van der Waals surface area contributed by atoms with Crippen molar-refractivity contribution >= 4 is 11.6 Å². The molecule has 1 aromatic heterocycles. The van der Waals surface area contributed by atoms with Gasteiger partial charge in [-0.1, -0.05) is 12.1 Å². The number of rotatable bonds is 3. The molecule has 0 bridgehead atoms. The maximum atomic E-state index is 13.9. The molecule has 2 aromatic rings. The van der Waals surface area contributed by atoms with Gasteiger partial charge in [0.2, 0.25) is 0 Å². The van der Waals surface area contributed by atoms with Crippen molar-refractivity contribution in [3.8, 4) is 0 Å². The molecule has 1 aromatic carbocycles. The lowest BCUT2D eigenvalue weighted by Crippen LogP contribution is -2.49. The summed E-state index contributed by atoms with van der Waals surface area (Å²) in [6, 6.07) is 8.88. The largest absolute Gasteiger partial charge is 0.366 e. The van der Waals surface area contributed by atoms with E-state index in [4.69, 9.17) is 0 Å². The van der Waals surface area contributed by atoms with Crippen molar-refractivity contribution in [2.75, 3.05) is 31.1 Å². The van der Waals surface area contributed by atoms with Crippen molar-refractivity contribution in [3.63, 3.8) is 0 Å². The van der Waals surface area contributed by atoms with Crippen LogP contribution in [0.5, 0.6) is 0 Å². The zero-order valence-electron chi connectivity index (χ0n) is 14.6.